The lowest BCUT2D eigenvalue weighted by Gasteiger charge is -2.07. The van der Waals surface area contributed by atoms with E-state index in [1.807, 2.05) is 18.5 Å². The Morgan fingerprint density at radius 3 is 2.56 bits per heavy atom. The standard InChI is InChI=1S/C26H28N4O2/c1-17-7-9-20(10-8-17)16-30-19(3)24(18(2)29-30)13-14-25(31)27-23-6-4-5-21(15-23)26(32)28-22-11-12-22/h4-10,13-15,22H,11-12,16H2,1-3H3,(H,27,31)(H,28,32)/b14-13-. The first-order valence-electron chi connectivity index (χ1n) is 10.9. The Hall–Kier alpha value is -3.67. The van der Waals surface area contributed by atoms with Crippen LogP contribution in [0.5, 0.6) is 0 Å². The highest BCUT2D eigenvalue weighted by Crippen LogP contribution is 2.20. The van der Waals surface area contributed by atoms with Crippen LogP contribution in [0.1, 0.15) is 51.3 Å². The Bertz CT molecular complexity index is 1170. The molecule has 164 valence electrons. The van der Waals surface area contributed by atoms with Gasteiger partial charge in [-0.2, -0.15) is 5.10 Å². The minimum atomic E-state index is -0.255. The van der Waals surface area contributed by atoms with Gasteiger partial charge in [0.25, 0.3) is 5.91 Å². The van der Waals surface area contributed by atoms with E-state index < -0.39 is 0 Å². The summed E-state index contributed by atoms with van der Waals surface area (Å²) in [7, 11) is 0. The number of nitrogens with zero attached hydrogens (tertiary/aromatic N) is 2. The van der Waals surface area contributed by atoms with E-state index in [1.165, 1.54) is 17.2 Å². The van der Waals surface area contributed by atoms with Crippen LogP contribution < -0.4 is 10.6 Å². The Kier molecular flexibility index (Phi) is 6.21. The van der Waals surface area contributed by atoms with Gasteiger partial charge in [-0.25, -0.2) is 0 Å². The molecule has 6 heteroatoms. The third kappa shape index (κ3) is 5.32. The highest BCUT2D eigenvalue weighted by atomic mass is 16.2. The van der Waals surface area contributed by atoms with Crippen molar-refractivity contribution in [2.45, 2.75) is 46.2 Å². The van der Waals surface area contributed by atoms with E-state index in [2.05, 4.69) is 46.9 Å². The van der Waals surface area contributed by atoms with Crippen molar-refractivity contribution in [3.8, 4) is 0 Å². The zero-order valence-corrected chi connectivity index (χ0v) is 18.7. The second kappa shape index (κ2) is 9.22. The van der Waals surface area contributed by atoms with Crippen LogP contribution >= 0.6 is 0 Å². The minimum Gasteiger partial charge on any atom is -0.349 e. The van der Waals surface area contributed by atoms with E-state index in [0.717, 1.165) is 29.8 Å². The molecule has 1 aliphatic rings. The first-order chi connectivity index (χ1) is 15.4. The third-order valence-corrected chi connectivity index (χ3v) is 5.60. The highest BCUT2D eigenvalue weighted by molar-refractivity contribution is 6.03. The summed E-state index contributed by atoms with van der Waals surface area (Å²) < 4.78 is 1.96. The molecule has 0 bridgehead atoms. The molecule has 1 heterocycles. The Morgan fingerprint density at radius 2 is 1.84 bits per heavy atom. The number of carbonyl (C=O) groups is 2. The first kappa shape index (κ1) is 21.6. The fourth-order valence-corrected chi connectivity index (χ4v) is 3.55. The molecule has 0 aliphatic heterocycles. The fraction of sp³-hybridized carbons (Fsp3) is 0.269. The van der Waals surface area contributed by atoms with Crippen molar-refractivity contribution in [3.63, 3.8) is 0 Å². The summed E-state index contributed by atoms with van der Waals surface area (Å²) in [6, 6.07) is 15.7. The monoisotopic (exact) mass is 428 g/mol. The lowest BCUT2D eigenvalue weighted by atomic mass is 10.1. The molecule has 4 rings (SSSR count). The number of amides is 2. The Morgan fingerprint density at radius 1 is 1.09 bits per heavy atom. The molecule has 0 unspecified atom stereocenters. The summed E-state index contributed by atoms with van der Waals surface area (Å²) in [5.74, 6) is -0.360. The molecule has 6 nitrogen and oxygen atoms in total. The maximum Gasteiger partial charge on any atom is 0.251 e. The number of nitrogens with one attached hydrogen (secondary N) is 2. The van der Waals surface area contributed by atoms with Gasteiger partial charge in [0.1, 0.15) is 0 Å². The van der Waals surface area contributed by atoms with Crippen LogP contribution in [0.2, 0.25) is 0 Å². The zero-order chi connectivity index (χ0) is 22.7. The molecule has 0 saturated heterocycles. The largest absolute Gasteiger partial charge is 0.349 e. The van der Waals surface area contributed by atoms with E-state index >= 15 is 0 Å². The summed E-state index contributed by atoms with van der Waals surface area (Å²) in [4.78, 5) is 24.7. The molecule has 0 radical (unpaired) electrons. The summed E-state index contributed by atoms with van der Waals surface area (Å²) in [5, 5.41) is 10.4. The molecule has 32 heavy (non-hydrogen) atoms. The van der Waals surface area contributed by atoms with Crippen LogP contribution in [0.25, 0.3) is 6.08 Å². The average Bonchev–Trinajstić information content (AvgIpc) is 3.54. The molecule has 1 aromatic heterocycles. The molecular weight excluding hydrogens is 400 g/mol. The second-order valence-electron chi connectivity index (χ2n) is 8.38. The SMILES string of the molecule is Cc1ccc(Cn2nc(C)c(/C=C\C(=O)Nc3cccc(C(=O)NC4CC4)c3)c2C)cc1. The molecule has 2 N–H and O–H groups in total. The van der Waals surface area contributed by atoms with Crippen LogP contribution in [0.4, 0.5) is 5.69 Å². The fourth-order valence-electron chi connectivity index (χ4n) is 3.55. The maximum atomic E-state index is 12.5. The summed E-state index contributed by atoms with van der Waals surface area (Å²) in [6.07, 6.45) is 5.37. The first-order valence-corrected chi connectivity index (χ1v) is 10.9. The molecule has 0 atom stereocenters. The zero-order valence-electron chi connectivity index (χ0n) is 18.7. The van der Waals surface area contributed by atoms with Crippen molar-refractivity contribution < 1.29 is 9.59 Å². The second-order valence-corrected chi connectivity index (χ2v) is 8.38. The summed E-state index contributed by atoms with van der Waals surface area (Å²) >= 11 is 0. The van der Waals surface area contributed by atoms with Crippen LogP contribution in [0, 0.1) is 20.8 Å². The summed E-state index contributed by atoms with van der Waals surface area (Å²) in [5.41, 5.74) is 6.35. The molecule has 1 aliphatic carbocycles. The highest BCUT2D eigenvalue weighted by Gasteiger charge is 2.23. The van der Waals surface area contributed by atoms with Gasteiger partial charge in [0.2, 0.25) is 5.91 Å². The maximum absolute atomic E-state index is 12.5. The molecule has 2 amide bonds. The third-order valence-electron chi connectivity index (χ3n) is 5.60. The smallest absolute Gasteiger partial charge is 0.251 e. The van der Waals surface area contributed by atoms with Crippen molar-refractivity contribution in [2.24, 2.45) is 0 Å². The van der Waals surface area contributed by atoms with Gasteiger partial charge in [-0.15, -0.1) is 0 Å². The van der Waals surface area contributed by atoms with E-state index in [9.17, 15) is 9.59 Å². The molecule has 1 saturated carbocycles. The lowest BCUT2D eigenvalue weighted by molar-refractivity contribution is -0.111. The number of aromatic nitrogens is 2. The van der Waals surface area contributed by atoms with Crippen molar-refractivity contribution in [3.05, 3.63) is 88.2 Å². The number of benzene rings is 2. The van der Waals surface area contributed by atoms with Crippen LogP contribution in [0.3, 0.4) is 0 Å². The van der Waals surface area contributed by atoms with Crippen LogP contribution in [-0.4, -0.2) is 27.6 Å². The van der Waals surface area contributed by atoms with Gasteiger partial charge in [-0.1, -0.05) is 35.9 Å². The van der Waals surface area contributed by atoms with Crippen molar-refractivity contribution in [1.82, 2.24) is 15.1 Å². The van der Waals surface area contributed by atoms with Gasteiger partial charge >= 0.3 is 0 Å². The molecule has 3 aromatic rings. The molecular formula is C26H28N4O2. The Labute approximate surface area is 188 Å². The van der Waals surface area contributed by atoms with E-state index in [0.29, 0.717) is 23.8 Å². The van der Waals surface area contributed by atoms with Crippen molar-refractivity contribution in [2.75, 3.05) is 5.32 Å². The lowest BCUT2D eigenvalue weighted by Crippen LogP contribution is -2.25. The topological polar surface area (TPSA) is 76.0 Å². The molecule has 1 fully saturated rings. The number of hydrogen-bond donors (Lipinski definition) is 2. The van der Waals surface area contributed by atoms with Gasteiger partial charge in [0, 0.05) is 34.6 Å². The molecule has 0 spiro atoms. The van der Waals surface area contributed by atoms with Crippen molar-refractivity contribution >= 4 is 23.6 Å². The quantitative estimate of drug-likeness (QED) is 0.548. The van der Waals surface area contributed by atoms with E-state index in [4.69, 9.17) is 0 Å². The number of carbonyl (C=O) groups excluding carboxylic acids is 2. The van der Waals surface area contributed by atoms with E-state index in [-0.39, 0.29) is 11.8 Å². The number of anilines is 1. The van der Waals surface area contributed by atoms with Gasteiger partial charge in [0.15, 0.2) is 0 Å². The Balaban J connectivity index is 1.41. The number of hydrogen-bond acceptors (Lipinski definition) is 3. The van der Waals surface area contributed by atoms with Crippen LogP contribution in [-0.2, 0) is 11.3 Å². The van der Waals surface area contributed by atoms with Crippen molar-refractivity contribution in [1.29, 1.82) is 0 Å². The van der Waals surface area contributed by atoms with Gasteiger partial charge in [-0.05, 0) is 63.5 Å². The van der Waals surface area contributed by atoms with Gasteiger partial charge < -0.3 is 10.6 Å². The summed E-state index contributed by atoms with van der Waals surface area (Å²) in [6.45, 7) is 6.70. The number of aryl methyl sites for hydroxylation is 2. The van der Waals surface area contributed by atoms with E-state index in [1.54, 1.807) is 30.3 Å². The van der Waals surface area contributed by atoms with Gasteiger partial charge in [0.05, 0.1) is 12.2 Å². The predicted octanol–water partition coefficient (Wildman–Crippen LogP) is 4.40. The average molecular weight is 429 g/mol. The molecule has 2 aromatic carbocycles. The predicted molar refractivity (Wildman–Crippen MR) is 127 cm³/mol. The van der Waals surface area contributed by atoms with Crippen LogP contribution in [0.15, 0.2) is 54.6 Å². The number of rotatable bonds is 7. The normalized spacial score (nSPS) is 13.3. The van der Waals surface area contributed by atoms with Gasteiger partial charge in [-0.3, -0.25) is 14.3 Å². The minimum absolute atomic E-state index is 0.105.